The summed E-state index contributed by atoms with van der Waals surface area (Å²) >= 11 is 5.09. The lowest BCUT2D eigenvalue weighted by Crippen LogP contribution is -2.15. The number of hydrogen-bond donors (Lipinski definition) is 0. The van der Waals surface area contributed by atoms with Crippen molar-refractivity contribution < 1.29 is 9.63 Å². The predicted octanol–water partition coefficient (Wildman–Crippen LogP) is 1.45. The molecule has 4 nitrogen and oxygen atoms in total. The smallest absolute Gasteiger partial charge is 0.329 e. The first kappa shape index (κ1) is 8.96. The number of pyridine rings is 1. The Morgan fingerprint density at radius 1 is 1.50 bits per heavy atom. The van der Waals surface area contributed by atoms with Gasteiger partial charge in [-0.15, -0.1) is 0 Å². The van der Waals surface area contributed by atoms with Gasteiger partial charge in [0.05, 0.1) is 11.7 Å². The molecule has 0 aliphatic carbocycles. The van der Waals surface area contributed by atoms with Gasteiger partial charge in [0.15, 0.2) is 0 Å². The first-order valence-electron chi connectivity index (χ1n) is 4.06. The Kier molecular flexibility index (Phi) is 2.09. The van der Waals surface area contributed by atoms with E-state index in [1.807, 2.05) is 24.4 Å². The van der Waals surface area contributed by atoms with Gasteiger partial charge in [-0.1, -0.05) is 6.07 Å². The molecule has 5 heteroatoms. The molecule has 0 bridgehead atoms. The molecule has 0 unspecified atom stereocenters. The third-order valence-corrected chi connectivity index (χ3v) is 2.14. The van der Waals surface area contributed by atoms with Crippen LogP contribution in [0.15, 0.2) is 30.6 Å². The SMILES string of the molecule is CC(=O)On1cc2ccccn2c1=S. The number of fused-ring (bicyclic) bond motifs is 1. The van der Waals surface area contributed by atoms with Crippen molar-refractivity contribution in [2.45, 2.75) is 6.92 Å². The van der Waals surface area contributed by atoms with Crippen LogP contribution in [0.2, 0.25) is 0 Å². The third-order valence-electron chi connectivity index (χ3n) is 1.76. The number of imidazole rings is 1. The van der Waals surface area contributed by atoms with Crippen LogP contribution < -0.4 is 4.84 Å². The minimum atomic E-state index is -0.392. The molecule has 2 aromatic rings. The zero-order valence-corrected chi connectivity index (χ0v) is 8.32. The summed E-state index contributed by atoms with van der Waals surface area (Å²) in [6.45, 7) is 1.34. The van der Waals surface area contributed by atoms with Crippen LogP contribution in [0.3, 0.4) is 0 Å². The van der Waals surface area contributed by atoms with E-state index >= 15 is 0 Å². The Labute approximate surface area is 85.3 Å². The number of hydrogen-bond acceptors (Lipinski definition) is 3. The second-order valence-electron chi connectivity index (χ2n) is 2.82. The Morgan fingerprint density at radius 2 is 2.29 bits per heavy atom. The molecule has 0 spiro atoms. The van der Waals surface area contributed by atoms with Crippen molar-refractivity contribution in [1.29, 1.82) is 0 Å². The first-order chi connectivity index (χ1) is 6.68. The molecule has 0 radical (unpaired) electrons. The van der Waals surface area contributed by atoms with Gasteiger partial charge >= 0.3 is 5.97 Å². The van der Waals surface area contributed by atoms with Gasteiger partial charge in [0.2, 0.25) is 4.77 Å². The van der Waals surface area contributed by atoms with E-state index in [9.17, 15) is 4.79 Å². The first-order valence-corrected chi connectivity index (χ1v) is 4.47. The molecule has 2 heterocycles. The number of nitrogens with zero attached hydrogens (tertiary/aromatic N) is 2. The van der Waals surface area contributed by atoms with Crippen LogP contribution in [-0.2, 0) is 4.79 Å². The lowest BCUT2D eigenvalue weighted by Gasteiger charge is -1.97. The number of aromatic nitrogens is 2. The van der Waals surface area contributed by atoms with Crippen LogP contribution in [0.25, 0.3) is 5.52 Å². The summed E-state index contributed by atoms with van der Waals surface area (Å²) in [7, 11) is 0. The van der Waals surface area contributed by atoms with Crippen molar-refractivity contribution in [3.63, 3.8) is 0 Å². The van der Waals surface area contributed by atoms with Gasteiger partial charge in [-0.3, -0.25) is 4.40 Å². The highest BCUT2D eigenvalue weighted by atomic mass is 32.1. The summed E-state index contributed by atoms with van der Waals surface area (Å²) in [5.41, 5.74) is 0.888. The van der Waals surface area contributed by atoms with Crippen LogP contribution in [-0.4, -0.2) is 15.1 Å². The molecule has 0 aliphatic heterocycles. The lowest BCUT2D eigenvalue weighted by molar-refractivity contribution is -0.141. The second kappa shape index (κ2) is 3.26. The molecule has 0 N–H and O–H groups in total. The molecule has 2 rings (SSSR count). The molecule has 0 amide bonds. The van der Waals surface area contributed by atoms with E-state index in [2.05, 4.69) is 0 Å². The van der Waals surface area contributed by atoms with Crippen LogP contribution >= 0.6 is 12.2 Å². The quantitative estimate of drug-likeness (QED) is 0.665. The molecule has 0 aromatic carbocycles. The number of carbonyl (C=O) groups is 1. The van der Waals surface area contributed by atoms with Crippen molar-refractivity contribution >= 4 is 23.7 Å². The summed E-state index contributed by atoms with van der Waals surface area (Å²) in [5, 5.41) is 0. The van der Waals surface area contributed by atoms with Gasteiger partial charge in [0.25, 0.3) is 0 Å². The topological polar surface area (TPSA) is 35.6 Å². The highest BCUT2D eigenvalue weighted by molar-refractivity contribution is 7.71. The van der Waals surface area contributed by atoms with E-state index in [1.165, 1.54) is 11.7 Å². The van der Waals surface area contributed by atoms with Crippen LogP contribution in [0.1, 0.15) is 6.92 Å². The molecule has 0 aliphatic rings. The fraction of sp³-hybridized carbons (Fsp3) is 0.111. The summed E-state index contributed by atoms with van der Waals surface area (Å²) in [5.74, 6) is -0.392. The van der Waals surface area contributed by atoms with Gasteiger partial charge in [0, 0.05) is 13.1 Å². The molecule has 72 valence electrons. The van der Waals surface area contributed by atoms with Crippen LogP contribution in [0, 0.1) is 4.77 Å². The molecular formula is C9H8N2O2S. The molecular weight excluding hydrogens is 200 g/mol. The Hall–Kier alpha value is -1.62. The lowest BCUT2D eigenvalue weighted by atomic mass is 10.4. The number of rotatable bonds is 1. The maximum Gasteiger partial charge on any atom is 0.329 e. The van der Waals surface area contributed by atoms with Crippen molar-refractivity contribution in [3.8, 4) is 0 Å². The molecule has 0 saturated heterocycles. The standard InChI is InChI=1S/C9H8N2O2S/c1-7(12)13-11-6-8-4-2-3-5-10(8)9(11)14/h2-6H,1H3. The largest absolute Gasteiger partial charge is 0.335 e. The van der Waals surface area contributed by atoms with Crippen molar-refractivity contribution in [2.24, 2.45) is 0 Å². The third kappa shape index (κ3) is 1.42. The van der Waals surface area contributed by atoms with Gasteiger partial charge < -0.3 is 4.84 Å². The van der Waals surface area contributed by atoms with Gasteiger partial charge in [-0.2, -0.15) is 4.73 Å². The van der Waals surface area contributed by atoms with Crippen LogP contribution in [0.5, 0.6) is 0 Å². The average Bonchev–Trinajstić information content (AvgIpc) is 2.44. The van der Waals surface area contributed by atoms with E-state index < -0.39 is 5.97 Å². The summed E-state index contributed by atoms with van der Waals surface area (Å²) in [6.07, 6.45) is 3.49. The summed E-state index contributed by atoms with van der Waals surface area (Å²) in [4.78, 5) is 15.6. The second-order valence-corrected chi connectivity index (χ2v) is 3.18. The Balaban J connectivity index is 2.63. The van der Waals surface area contributed by atoms with Crippen molar-refractivity contribution in [2.75, 3.05) is 0 Å². The molecule has 14 heavy (non-hydrogen) atoms. The zero-order valence-electron chi connectivity index (χ0n) is 7.51. The molecule has 0 atom stereocenters. The fourth-order valence-electron chi connectivity index (χ4n) is 1.22. The minimum absolute atomic E-state index is 0.392. The number of carbonyl (C=O) groups excluding carboxylic acids is 1. The minimum Gasteiger partial charge on any atom is -0.335 e. The Bertz CT molecular complexity index is 541. The van der Waals surface area contributed by atoms with E-state index in [1.54, 1.807) is 10.6 Å². The van der Waals surface area contributed by atoms with E-state index in [4.69, 9.17) is 17.1 Å². The van der Waals surface area contributed by atoms with Gasteiger partial charge in [-0.25, -0.2) is 4.79 Å². The fourth-order valence-corrected chi connectivity index (χ4v) is 1.48. The van der Waals surface area contributed by atoms with E-state index in [0.717, 1.165) is 5.52 Å². The summed E-state index contributed by atoms with van der Waals surface area (Å²) in [6, 6.07) is 5.64. The Morgan fingerprint density at radius 3 is 2.93 bits per heavy atom. The average molecular weight is 208 g/mol. The molecule has 0 fully saturated rings. The predicted molar refractivity (Wildman–Crippen MR) is 53.5 cm³/mol. The van der Waals surface area contributed by atoms with Crippen molar-refractivity contribution in [3.05, 3.63) is 35.4 Å². The van der Waals surface area contributed by atoms with E-state index in [0.29, 0.717) is 4.77 Å². The summed E-state index contributed by atoms with van der Waals surface area (Å²) < 4.78 is 3.49. The highest BCUT2D eigenvalue weighted by Crippen LogP contribution is 2.05. The maximum atomic E-state index is 10.7. The van der Waals surface area contributed by atoms with Crippen molar-refractivity contribution in [1.82, 2.24) is 9.13 Å². The molecule has 0 saturated carbocycles. The van der Waals surface area contributed by atoms with Crippen LogP contribution in [0.4, 0.5) is 0 Å². The molecule has 2 aromatic heterocycles. The maximum absolute atomic E-state index is 10.7. The normalized spacial score (nSPS) is 10.4. The van der Waals surface area contributed by atoms with Gasteiger partial charge in [-0.05, 0) is 24.4 Å². The zero-order chi connectivity index (χ0) is 10.1. The van der Waals surface area contributed by atoms with E-state index in [-0.39, 0.29) is 0 Å². The van der Waals surface area contributed by atoms with Gasteiger partial charge in [0.1, 0.15) is 0 Å². The highest BCUT2D eigenvalue weighted by Gasteiger charge is 2.02. The monoisotopic (exact) mass is 208 g/mol.